The molecule has 1 aliphatic carbocycles. The third-order valence-corrected chi connectivity index (χ3v) is 7.83. The molecule has 0 bridgehead atoms. The summed E-state index contributed by atoms with van der Waals surface area (Å²) in [7, 11) is 3.31. The first-order valence-electron chi connectivity index (χ1n) is 12.9. The van der Waals surface area contributed by atoms with E-state index in [2.05, 4.69) is 15.3 Å². The number of carboxylic acids is 1. The van der Waals surface area contributed by atoms with Crippen LogP contribution in [-0.4, -0.2) is 87.7 Å². The van der Waals surface area contributed by atoms with Crippen LogP contribution in [0.15, 0.2) is 30.6 Å². The lowest BCUT2D eigenvalue weighted by Crippen LogP contribution is -2.54. The van der Waals surface area contributed by atoms with Crippen LogP contribution in [0.4, 0.5) is 4.79 Å². The zero-order chi connectivity index (χ0) is 27.0. The van der Waals surface area contributed by atoms with E-state index < -0.39 is 29.6 Å². The van der Waals surface area contributed by atoms with Gasteiger partial charge in [-0.3, -0.25) is 4.79 Å². The molecule has 0 radical (unpaired) electrons. The van der Waals surface area contributed by atoms with Crippen molar-refractivity contribution in [3.8, 4) is 11.6 Å². The molecule has 0 spiro atoms. The minimum atomic E-state index is -1.34. The Bertz CT molecular complexity index is 1300. The van der Waals surface area contributed by atoms with Crippen molar-refractivity contribution in [2.45, 2.75) is 56.7 Å². The van der Waals surface area contributed by atoms with Crippen molar-refractivity contribution in [3.05, 3.63) is 36.2 Å². The number of rotatable bonds is 4. The Hall–Kier alpha value is -3.89. The van der Waals surface area contributed by atoms with Crippen LogP contribution in [0, 0.1) is 12.8 Å². The molecule has 4 unspecified atom stereocenters. The number of nitrogens with one attached hydrogen (secondary N) is 1. The lowest BCUT2D eigenvalue weighted by atomic mass is 10.1. The third kappa shape index (κ3) is 4.61. The normalized spacial score (nSPS) is 28.7. The molecule has 1 saturated carbocycles. The van der Waals surface area contributed by atoms with Gasteiger partial charge >= 0.3 is 12.0 Å². The number of carbonyl (C=O) groups is 3. The first kappa shape index (κ1) is 25.7. The molecule has 2 aromatic rings. The first-order chi connectivity index (χ1) is 18.2. The molecular formula is C27H33N5O6. The second-order valence-electron chi connectivity index (χ2n) is 10.3. The SMILES string of the molecule is COc1ccc2c(OC3CC4C(=O)NC5(C(=O)O)CC5/C=C\CCCCN(C)C(=O)N4C3)ncnc2c1C. The number of aryl methyl sites for hydroxylation is 1. The number of benzene rings is 1. The lowest BCUT2D eigenvalue weighted by molar-refractivity contribution is -0.144. The number of fused-ring (bicyclic) bond motifs is 3. The van der Waals surface area contributed by atoms with E-state index in [9.17, 15) is 19.5 Å². The number of hydrogen-bond donors (Lipinski definition) is 2. The fraction of sp³-hybridized carbons (Fsp3) is 0.519. The third-order valence-electron chi connectivity index (χ3n) is 7.83. The van der Waals surface area contributed by atoms with Gasteiger partial charge in [0.2, 0.25) is 11.8 Å². The number of amides is 3. The Balaban J connectivity index is 1.42. The van der Waals surface area contributed by atoms with Crippen molar-refractivity contribution in [1.82, 2.24) is 25.1 Å². The summed E-state index contributed by atoms with van der Waals surface area (Å²) in [5.74, 6) is -0.760. The van der Waals surface area contributed by atoms with Crippen molar-refractivity contribution >= 4 is 28.8 Å². The van der Waals surface area contributed by atoms with Gasteiger partial charge in [-0.1, -0.05) is 12.2 Å². The summed E-state index contributed by atoms with van der Waals surface area (Å²) in [4.78, 5) is 50.8. The number of aliphatic carboxylic acids is 1. The van der Waals surface area contributed by atoms with E-state index in [4.69, 9.17) is 9.47 Å². The van der Waals surface area contributed by atoms with Crippen LogP contribution in [0.5, 0.6) is 11.6 Å². The summed E-state index contributed by atoms with van der Waals surface area (Å²) in [6, 6.07) is 2.50. The highest BCUT2D eigenvalue weighted by Gasteiger charge is 2.61. The van der Waals surface area contributed by atoms with Crippen LogP contribution in [-0.2, 0) is 9.59 Å². The largest absolute Gasteiger partial charge is 0.496 e. The van der Waals surface area contributed by atoms with Gasteiger partial charge in [-0.25, -0.2) is 19.6 Å². The van der Waals surface area contributed by atoms with Crippen LogP contribution in [0.25, 0.3) is 10.9 Å². The van der Waals surface area contributed by atoms with Crippen molar-refractivity contribution < 1.29 is 29.0 Å². The molecule has 202 valence electrons. The Morgan fingerprint density at radius 3 is 2.82 bits per heavy atom. The molecule has 3 aliphatic rings. The highest BCUT2D eigenvalue weighted by Crippen LogP contribution is 2.45. The Kier molecular flexibility index (Phi) is 6.85. The van der Waals surface area contributed by atoms with Crippen molar-refractivity contribution in [2.24, 2.45) is 5.92 Å². The zero-order valence-electron chi connectivity index (χ0n) is 21.8. The van der Waals surface area contributed by atoms with Crippen molar-refractivity contribution in [2.75, 3.05) is 27.2 Å². The molecule has 3 amide bonds. The van der Waals surface area contributed by atoms with Gasteiger partial charge in [0, 0.05) is 31.5 Å². The second kappa shape index (κ2) is 10.1. The molecule has 3 heterocycles. The minimum Gasteiger partial charge on any atom is -0.496 e. The zero-order valence-corrected chi connectivity index (χ0v) is 21.8. The summed E-state index contributed by atoms with van der Waals surface area (Å²) in [5, 5.41) is 13.4. The van der Waals surface area contributed by atoms with Gasteiger partial charge in [0.15, 0.2) is 0 Å². The van der Waals surface area contributed by atoms with Crippen molar-refractivity contribution in [3.63, 3.8) is 0 Å². The molecule has 11 nitrogen and oxygen atoms in total. The molecule has 1 saturated heterocycles. The van der Waals surface area contributed by atoms with Gasteiger partial charge in [0.1, 0.15) is 29.8 Å². The van der Waals surface area contributed by atoms with E-state index >= 15 is 0 Å². The highest BCUT2D eigenvalue weighted by atomic mass is 16.5. The van der Waals surface area contributed by atoms with Crippen LogP contribution < -0.4 is 14.8 Å². The Morgan fingerprint density at radius 2 is 2.05 bits per heavy atom. The molecule has 5 rings (SSSR count). The van der Waals surface area contributed by atoms with Crippen LogP contribution >= 0.6 is 0 Å². The molecule has 2 aliphatic heterocycles. The number of aromatic nitrogens is 2. The smallest absolute Gasteiger partial charge is 0.330 e. The van der Waals surface area contributed by atoms with Crippen molar-refractivity contribution in [1.29, 1.82) is 0 Å². The lowest BCUT2D eigenvalue weighted by Gasteiger charge is -2.29. The summed E-state index contributed by atoms with van der Waals surface area (Å²) < 4.78 is 11.7. The topological polar surface area (TPSA) is 134 Å². The maximum Gasteiger partial charge on any atom is 0.330 e. The van der Waals surface area contributed by atoms with Gasteiger partial charge in [-0.2, -0.15) is 0 Å². The molecule has 1 aromatic heterocycles. The number of allylic oxidation sites excluding steroid dienone is 1. The van der Waals surface area contributed by atoms with Gasteiger partial charge in [0.05, 0.1) is 24.6 Å². The number of ether oxygens (including phenoxy) is 2. The molecule has 11 heteroatoms. The number of hydrogen-bond acceptors (Lipinski definition) is 7. The van der Waals surface area contributed by atoms with E-state index in [0.29, 0.717) is 35.5 Å². The first-order valence-corrected chi connectivity index (χ1v) is 12.9. The second-order valence-corrected chi connectivity index (χ2v) is 10.3. The number of nitrogens with zero attached hydrogens (tertiary/aromatic N) is 4. The maximum absolute atomic E-state index is 13.5. The number of urea groups is 1. The monoisotopic (exact) mass is 523 g/mol. The van der Waals surface area contributed by atoms with Crippen LogP contribution in [0.2, 0.25) is 0 Å². The fourth-order valence-electron chi connectivity index (χ4n) is 5.50. The standard InChI is InChI=1S/C27H33N5O6/c1-16-21(37-3)10-9-19-22(16)28-15-29-24(19)38-18-12-20-23(33)30-27(25(34)35)13-17(27)8-6-4-5-7-11-31(2)26(36)32(20)14-18/h6,8-10,15,17-18,20H,4-5,7,11-14H2,1-3H3,(H,30,33)(H,34,35)/b8-6-. The molecule has 2 fully saturated rings. The van der Waals surface area contributed by atoms with Gasteiger partial charge in [-0.15, -0.1) is 0 Å². The molecule has 2 N–H and O–H groups in total. The summed E-state index contributed by atoms with van der Waals surface area (Å²) in [6.45, 7) is 2.63. The number of carboxylic acid groups (broad SMARTS) is 1. The summed E-state index contributed by atoms with van der Waals surface area (Å²) in [5.41, 5.74) is 0.205. The van der Waals surface area contributed by atoms with E-state index in [1.807, 2.05) is 31.2 Å². The minimum absolute atomic E-state index is 0.172. The molecule has 38 heavy (non-hydrogen) atoms. The van der Waals surface area contributed by atoms with E-state index in [1.165, 1.54) is 11.2 Å². The average molecular weight is 524 g/mol. The van der Waals surface area contributed by atoms with Gasteiger partial charge in [0.25, 0.3) is 0 Å². The quantitative estimate of drug-likeness (QED) is 0.584. The number of methoxy groups -OCH3 is 1. The molecule has 1 aromatic carbocycles. The Morgan fingerprint density at radius 1 is 1.24 bits per heavy atom. The van der Waals surface area contributed by atoms with Gasteiger partial charge < -0.3 is 29.7 Å². The van der Waals surface area contributed by atoms with E-state index in [-0.39, 0.29) is 24.9 Å². The van der Waals surface area contributed by atoms with Crippen LogP contribution in [0.3, 0.4) is 0 Å². The highest BCUT2D eigenvalue weighted by molar-refractivity contribution is 5.94. The molecular weight excluding hydrogens is 490 g/mol. The summed E-state index contributed by atoms with van der Waals surface area (Å²) in [6.07, 6.45) is 7.80. The predicted molar refractivity (Wildman–Crippen MR) is 138 cm³/mol. The Labute approximate surface area is 220 Å². The summed E-state index contributed by atoms with van der Waals surface area (Å²) >= 11 is 0. The predicted octanol–water partition coefficient (Wildman–Crippen LogP) is 2.52. The maximum atomic E-state index is 13.5. The van der Waals surface area contributed by atoms with Crippen LogP contribution in [0.1, 0.15) is 37.7 Å². The average Bonchev–Trinajstić information content (AvgIpc) is 3.43. The van der Waals surface area contributed by atoms with Gasteiger partial charge in [-0.05, 0) is 44.7 Å². The fourth-order valence-corrected chi connectivity index (χ4v) is 5.50. The van der Waals surface area contributed by atoms with E-state index in [1.54, 1.807) is 19.1 Å². The van der Waals surface area contributed by atoms with E-state index in [0.717, 1.165) is 24.8 Å². The number of carbonyl (C=O) groups excluding carboxylic acids is 2. The molecule has 4 atom stereocenters.